The molecule has 22 heavy (non-hydrogen) atoms. The molecule has 0 radical (unpaired) electrons. The van der Waals surface area contributed by atoms with Gasteiger partial charge in [-0.1, -0.05) is 28.1 Å². The van der Waals surface area contributed by atoms with Crippen LogP contribution in [0.1, 0.15) is 19.6 Å². The van der Waals surface area contributed by atoms with Crippen molar-refractivity contribution in [1.82, 2.24) is 10.6 Å². The summed E-state index contributed by atoms with van der Waals surface area (Å²) in [6.45, 7) is 4.75. The van der Waals surface area contributed by atoms with Crippen molar-refractivity contribution < 1.29 is 4.42 Å². The van der Waals surface area contributed by atoms with Crippen molar-refractivity contribution in [2.45, 2.75) is 26.4 Å². The lowest BCUT2D eigenvalue weighted by Crippen LogP contribution is -2.40. The zero-order valence-electron chi connectivity index (χ0n) is 12.9. The monoisotopic (exact) mass is 477 g/mol. The lowest BCUT2D eigenvalue weighted by Gasteiger charge is -2.13. The van der Waals surface area contributed by atoms with Crippen molar-refractivity contribution in [3.63, 3.8) is 0 Å². The summed E-state index contributed by atoms with van der Waals surface area (Å²) in [6, 6.07) is 12.4. The highest BCUT2D eigenvalue weighted by Gasteiger charge is 2.06. The molecule has 0 aliphatic heterocycles. The number of benzene rings is 1. The predicted octanol–water partition coefficient (Wildman–Crippen LogP) is 4.40. The Kier molecular flexibility index (Phi) is 7.95. The lowest BCUT2D eigenvalue weighted by molar-refractivity contribution is 0.512. The highest BCUT2D eigenvalue weighted by Crippen LogP contribution is 2.23. The van der Waals surface area contributed by atoms with Gasteiger partial charge in [0.05, 0.1) is 6.54 Å². The van der Waals surface area contributed by atoms with Crippen LogP contribution in [-0.2, 0) is 6.54 Å². The van der Waals surface area contributed by atoms with E-state index in [0.29, 0.717) is 12.6 Å². The molecule has 2 N–H and O–H groups in total. The fraction of sp³-hybridized carbons (Fsp3) is 0.312. The summed E-state index contributed by atoms with van der Waals surface area (Å²) in [5, 5.41) is 6.47. The van der Waals surface area contributed by atoms with Crippen LogP contribution in [0.5, 0.6) is 0 Å². The van der Waals surface area contributed by atoms with Crippen LogP contribution in [0.3, 0.4) is 0 Å². The zero-order valence-corrected chi connectivity index (χ0v) is 16.8. The van der Waals surface area contributed by atoms with Crippen LogP contribution in [-0.4, -0.2) is 19.0 Å². The molecule has 0 spiro atoms. The molecular formula is C16H21BrIN3O. The third-order valence-corrected chi connectivity index (χ3v) is 3.40. The van der Waals surface area contributed by atoms with Gasteiger partial charge in [-0.15, -0.1) is 24.0 Å². The highest BCUT2D eigenvalue weighted by molar-refractivity contribution is 14.0. The molecule has 1 heterocycles. The Morgan fingerprint density at radius 1 is 1.18 bits per heavy atom. The minimum absolute atomic E-state index is 0. The maximum Gasteiger partial charge on any atom is 0.191 e. The maximum atomic E-state index is 5.85. The molecule has 0 amide bonds. The first kappa shape index (κ1) is 19.0. The van der Waals surface area contributed by atoms with Gasteiger partial charge in [0.15, 0.2) is 5.96 Å². The summed E-state index contributed by atoms with van der Waals surface area (Å²) < 4.78 is 6.91. The average Bonchev–Trinajstić information content (AvgIpc) is 2.92. The average molecular weight is 478 g/mol. The molecule has 0 saturated carbocycles. The second kappa shape index (κ2) is 9.19. The first-order valence-electron chi connectivity index (χ1n) is 6.90. The SMILES string of the molecule is CN=C(NCc1ccc(-c2ccc(Br)cc2)o1)NC(C)C.I. The van der Waals surface area contributed by atoms with E-state index in [1.807, 2.05) is 36.4 Å². The van der Waals surface area contributed by atoms with E-state index in [1.165, 1.54) is 0 Å². The number of halogens is 2. The molecule has 0 bridgehead atoms. The van der Waals surface area contributed by atoms with Crippen LogP contribution in [0.15, 0.2) is 50.3 Å². The largest absolute Gasteiger partial charge is 0.459 e. The number of nitrogens with one attached hydrogen (secondary N) is 2. The first-order chi connectivity index (χ1) is 10.1. The van der Waals surface area contributed by atoms with Crippen LogP contribution in [0, 0.1) is 0 Å². The van der Waals surface area contributed by atoms with E-state index in [4.69, 9.17) is 4.42 Å². The Morgan fingerprint density at radius 2 is 1.86 bits per heavy atom. The summed E-state index contributed by atoms with van der Waals surface area (Å²) in [7, 11) is 1.76. The second-order valence-corrected chi connectivity index (χ2v) is 5.91. The molecule has 6 heteroatoms. The van der Waals surface area contributed by atoms with E-state index >= 15 is 0 Å². The summed E-state index contributed by atoms with van der Waals surface area (Å²) in [6.07, 6.45) is 0. The van der Waals surface area contributed by atoms with E-state index < -0.39 is 0 Å². The Morgan fingerprint density at radius 3 is 2.45 bits per heavy atom. The van der Waals surface area contributed by atoms with Gasteiger partial charge < -0.3 is 15.1 Å². The summed E-state index contributed by atoms with van der Waals surface area (Å²) in [5.74, 6) is 2.51. The third-order valence-electron chi connectivity index (χ3n) is 2.87. The van der Waals surface area contributed by atoms with Gasteiger partial charge in [0.2, 0.25) is 0 Å². The fourth-order valence-corrected chi connectivity index (χ4v) is 2.15. The van der Waals surface area contributed by atoms with Crippen molar-refractivity contribution in [3.8, 4) is 11.3 Å². The molecule has 0 unspecified atom stereocenters. The van der Waals surface area contributed by atoms with E-state index in [-0.39, 0.29) is 24.0 Å². The van der Waals surface area contributed by atoms with Gasteiger partial charge in [-0.25, -0.2) is 0 Å². The molecule has 120 valence electrons. The van der Waals surface area contributed by atoms with Gasteiger partial charge in [-0.3, -0.25) is 4.99 Å². The Hall–Kier alpha value is -1.02. The quantitative estimate of drug-likeness (QED) is 0.389. The second-order valence-electron chi connectivity index (χ2n) is 5.00. The van der Waals surface area contributed by atoms with Gasteiger partial charge in [-0.2, -0.15) is 0 Å². The number of guanidine groups is 1. The van der Waals surface area contributed by atoms with Gasteiger partial charge in [0.25, 0.3) is 0 Å². The molecule has 0 atom stereocenters. The molecule has 0 aliphatic carbocycles. The third kappa shape index (κ3) is 5.64. The topological polar surface area (TPSA) is 49.6 Å². The molecule has 1 aromatic carbocycles. The number of aliphatic imine (C=N–C) groups is 1. The van der Waals surface area contributed by atoms with Crippen molar-refractivity contribution in [3.05, 3.63) is 46.6 Å². The molecular weight excluding hydrogens is 457 g/mol. The number of rotatable bonds is 4. The van der Waals surface area contributed by atoms with Crippen LogP contribution in [0.2, 0.25) is 0 Å². The predicted molar refractivity (Wildman–Crippen MR) is 106 cm³/mol. The van der Waals surface area contributed by atoms with Crippen molar-refractivity contribution in [1.29, 1.82) is 0 Å². The van der Waals surface area contributed by atoms with Crippen LogP contribution < -0.4 is 10.6 Å². The molecule has 0 saturated heterocycles. The van der Waals surface area contributed by atoms with Crippen LogP contribution in [0.25, 0.3) is 11.3 Å². The van der Waals surface area contributed by atoms with E-state index in [1.54, 1.807) is 7.05 Å². The van der Waals surface area contributed by atoms with E-state index in [2.05, 4.69) is 45.4 Å². The summed E-state index contributed by atoms with van der Waals surface area (Å²) in [5.41, 5.74) is 1.06. The van der Waals surface area contributed by atoms with Crippen LogP contribution in [0.4, 0.5) is 0 Å². The van der Waals surface area contributed by atoms with Gasteiger partial charge >= 0.3 is 0 Å². The van der Waals surface area contributed by atoms with Crippen molar-refractivity contribution in [2.75, 3.05) is 7.05 Å². The number of nitrogens with zero attached hydrogens (tertiary/aromatic N) is 1. The molecule has 4 nitrogen and oxygen atoms in total. The maximum absolute atomic E-state index is 5.85. The van der Waals surface area contributed by atoms with Gasteiger partial charge in [0, 0.05) is 23.1 Å². The standard InChI is InChI=1S/C16H20BrN3O.HI/c1-11(2)20-16(18-3)19-10-14-8-9-15(21-14)12-4-6-13(17)7-5-12;/h4-9,11H,10H2,1-3H3,(H2,18,19,20);1H. The van der Waals surface area contributed by atoms with Crippen molar-refractivity contribution >= 4 is 45.9 Å². The van der Waals surface area contributed by atoms with E-state index in [0.717, 1.165) is 27.5 Å². The minimum atomic E-state index is 0. The number of hydrogen-bond acceptors (Lipinski definition) is 2. The normalized spacial score (nSPS) is 11.2. The number of hydrogen-bond donors (Lipinski definition) is 2. The van der Waals surface area contributed by atoms with E-state index in [9.17, 15) is 0 Å². The summed E-state index contributed by atoms with van der Waals surface area (Å²) in [4.78, 5) is 4.17. The van der Waals surface area contributed by atoms with Crippen molar-refractivity contribution in [2.24, 2.45) is 4.99 Å². The molecule has 0 aliphatic rings. The smallest absolute Gasteiger partial charge is 0.191 e. The zero-order chi connectivity index (χ0) is 15.2. The number of furan rings is 1. The Balaban J connectivity index is 0.00000242. The molecule has 1 aromatic heterocycles. The lowest BCUT2D eigenvalue weighted by atomic mass is 10.2. The Labute approximate surface area is 156 Å². The molecule has 2 aromatic rings. The highest BCUT2D eigenvalue weighted by atomic mass is 127. The minimum Gasteiger partial charge on any atom is -0.459 e. The van der Waals surface area contributed by atoms with Crippen LogP contribution >= 0.6 is 39.9 Å². The molecule has 2 rings (SSSR count). The first-order valence-corrected chi connectivity index (χ1v) is 7.69. The molecule has 0 fully saturated rings. The Bertz CT molecular complexity index is 608. The fourth-order valence-electron chi connectivity index (χ4n) is 1.88. The van der Waals surface area contributed by atoms with Gasteiger partial charge in [0.1, 0.15) is 11.5 Å². The van der Waals surface area contributed by atoms with Gasteiger partial charge in [-0.05, 0) is 38.1 Å². The summed E-state index contributed by atoms with van der Waals surface area (Å²) >= 11 is 3.43.